The number of Topliss-reactive ketones (excluding diaryl/α,β-unsaturated/α-hetero) is 1. The number of ether oxygens (including phenoxy) is 6. The third kappa shape index (κ3) is 12.1. The molecular formula is C38H42N2O8S. The number of carbonyl (C=O) groups excluding carboxylic acids is 2. The largest absolute Gasteiger partial charge is 0.497 e. The van der Waals surface area contributed by atoms with Crippen LogP contribution in [0.15, 0.2) is 91.1 Å². The summed E-state index contributed by atoms with van der Waals surface area (Å²) in [7, 11) is 3.24. The van der Waals surface area contributed by atoms with E-state index in [2.05, 4.69) is 10.3 Å². The molecule has 1 amide bonds. The smallest absolute Gasteiger partial charge is 0.408 e. The number of pyridine rings is 1. The van der Waals surface area contributed by atoms with Gasteiger partial charge in [0.15, 0.2) is 28.9 Å². The van der Waals surface area contributed by atoms with Crippen molar-refractivity contribution in [2.45, 2.75) is 58.5 Å². The molecule has 1 N–H and O–H groups in total. The predicted molar refractivity (Wildman–Crippen MR) is 190 cm³/mol. The molecule has 0 aliphatic heterocycles. The molecule has 0 bridgehead atoms. The van der Waals surface area contributed by atoms with Gasteiger partial charge in [-0.2, -0.15) is 0 Å². The quantitative estimate of drug-likeness (QED) is 0.0951. The monoisotopic (exact) mass is 686 g/mol. The van der Waals surface area contributed by atoms with E-state index in [1.807, 2.05) is 54.6 Å². The Kier molecular flexibility index (Phi) is 13.4. The molecule has 1 heterocycles. The van der Waals surface area contributed by atoms with Gasteiger partial charge >= 0.3 is 6.09 Å². The topological polar surface area (TPSA) is 114 Å². The molecular weight excluding hydrogens is 644 g/mol. The standard InChI is InChI=1S/C38H42N2O8S/c1-38(2,3)48-37(42)40-32(36(49)47-25-33(41)28-9-7-6-8-10-28)20-15-29-21-34(45-23-26-11-16-30(43-4)17-12-26)35(22-39-29)46-24-27-13-18-31(44-5)19-14-27/h6-14,16-19,21-22,32H,15,20,23-25H2,1-5H3,(H,40,42)/t32-/m1/s1. The zero-order valence-corrected chi connectivity index (χ0v) is 29.2. The summed E-state index contributed by atoms with van der Waals surface area (Å²) < 4.78 is 34.1. The average Bonchev–Trinajstić information content (AvgIpc) is 3.10. The van der Waals surface area contributed by atoms with Crippen LogP contribution < -0.4 is 24.3 Å². The third-order valence-corrected chi connectivity index (χ3v) is 7.50. The van der Waals surface area contributed by atoms with Crippen molar-refractivity contribution in [2.24, 2.45) is 0 Å². The number of aromatic nitrogens is 1. The highest BCUT2D eigenvalue weighted by Gasteiger charge is 2.24. The summed E-state index contributed by atoms with van der Waals surface area (Å²) in [6.45, 7) is 5.61. The number of hydrogen-bond acceptors (Lipinski definition) is 10. The lowest BCUT2D eigenvalue weighted by molar-refractivity contribution is 0.0511. The van der Waals surface area contributed by atoms with Crippen LogP contribution in [0, 0.1) is 0 Å². The van der Waals surface area contributed by atoms with E-state index >= 15 is 0 Å². The molecule has 3 aromatic carbocycles. The Morgan fingerprint density at radius 3 is 1.94 bits per heavy atom. The molecule has 0 radical (unpaired) electrons. The number of benzene rings is 3. The first kappa shape index (κ1) is 36.7. The molecule has 11 heteroatoms. The lowest BCUT2D eigenvalue weighted by atomic mass is 10.1. The molecule has 0 aliphatic rings. The van der Waals surface area contributed by atoms with Crippen molar-refractivity contribution in [2.75, 3.05) is 20.8 Å². The second-order valence-corrected chi connectivity index (χ2v) is 12.4. The molecule has 0 unspecified atom stereocenters. The summed E-state index contributed by atoms with van der Waals surface area (Å²) in [5, 5.41) is 2.85. The number of amides is 1. The highest BCUT2D eigenvalue weighted by atomic mass is 32.1. The minimum Gasteiger partial charge on any atom is -0.497 e. The first-order chi connectivity index (χ1) is 23.5. The van der Waals surface area contributed by atoms with Gasteiger partial charge in [0.25, 0.3) is 0 Å². The average molecular weight is 687 g/mol. The number of nitrogens with zero attached hydrogens (tertiary/aromatic N) is 1. The van der Waals surface area contributed by atoms with Gasteiger partial charge in [0, 0.05) is 17.3 Å². The molecule has 4 aromatic rings. The van der Waals surface area contributed by atoms with Crippen molar-refractivity contribution in [1.82, 2.24) is 10.3 Å². The van der Waals surface area contributed by atoms with E-state index in [-0.39, 0.29) is 24.0 Å². The molecule has 0 fully saturated rings. The van der Waals surface area contributed by atoms with Crippen LogP contribution >= 0.6 is 12.2 Å². The van der Waals surface area contributed by atoms with Gasteiger partial charge < -0.3 is 33.7 Å². The van der Waals surface area contributed by atoms with Crippen molar-refractivity contribution in [3.05, 3.63) is 114 Å². The Balaban J connectivity index is 1.49. The summed E-state index contributed by atoms with van der Waals surface area (Å²) in [6, 6.07) is 25.0. The van der Waals surface area contributed by atoms with Gasteiger partial charge in [-0.15, -0.1) is 0 Å². The summed E-state index contributed by atoms with van der Waals surface area (Å²) >= 11 is 5.55. The first-order valence-corrected chi connectivity index (χ1v) is 16.2. The fourth-order valence-corrected chi connectivity index (χ4v) is 4.76. The third-order valence-electron chi connectivity index (χ3n) is 7.10. The maximum Gasteiger partial charge on any atom is 0.408 e. The van der Waals surface area contributed by atoms with E-state index in [1.54, 1.807) is 71.5 Å². The number of aryl methyl sites for hydroxylation is 1. The van der Waals surface area contributed by atoms with Gasteiger partial charge in [-0.05, 0) is 81.2 Å². The Labute approximate surface area is 292 Å². The molecule has 0 saturated carbocycles. The molecule has 0 spiro atoms. The highest BCUT2D eigenvalue weighted by Crippen LogP contribution is 2.30. The van der Waals surface area contributed by atoms with Crippen molar-refractivity contribution in [1.29, 1.82) is 0 Å². The molecule has 1 aromatic heterocycles. The Bertz CT molecular complexity index is 1670. The normalized spacial score (nSPS) is 11.5. The maximum atomic E-state index is 12.7. The summed E-state index contributed by atoms with van der Waals surface area (Å²) in [6.07, 6.45) is 1.66. The van der Waals surface area contributed by atoms with Gasteiger partial charge in [-0.3, -0.25) is 9.78 Å². The van der Waals surface area contributed by atoms with E-state index in [1.165, 1.54) is 0 Å². The van der Waals surface area contributed by atoms with Crippen LogP contribution in [0.2, 0.25) is 0 Å². The van der Waals surface area contributed by atoms with Crippen molar-refractivity contribution < 1.29 is 38.0 Å². The maximum absolute atomic E-state index is 12.7. The minimum atomic E-state index is -0.745. The number of hydrogen-bond donors (Lipinski definition) is 1. The van der Waals surface area contributed by atoms with Gasteiger partial charge in [0.05, 0.1) is 20.4 Å². The summed E-state index contributed by atoms with van der Waals surface area (Å²) in [5.74, 6) is 2.24. The van der Waals surface area contributed by atoms with Crippen LogP contribution in [0.4, 0.5) is 4.79 Å². The van der Waals surface area contributed by atoms with Gasteiger partial charge in [-0.1, -0.05) is 54.6 Å². The number of ketones is 1. The lowest BCUT2D eigenvalue weighted by Gasteiger charge is -2.24. The number of methoxy groups -OCH3 is 2. The van der Waals surface area contributed by atoms with Gasteiger partial charge in [0.2, 0.25) is 0 Å². The number of rotatable bonds is 16. The molecule has 10 nitrogen and oxygen atoms in total. The van der Waals surface area contributed by atoms with E-state index < -0.39 is 17.7 Å². The van der Waals surface area contributed by atoms with E-state index in [0.717, 1.165) is 22.6 Å². The van der Waals surface area contributed by atoms with Gasteiger partial charge in [0.1, 0.15) is 36.4 Å². The fourth-order valence-electron chi connectivity index (χ4n) is 4.52. The van der Waals surface area contributed by atoms with E-state index in [9.17, 15) is 9.59 Å². The number of thiocarbonyl (C=S) groups is 1. The van der Waals surface area contributed by atoms with Crippen LogP contribution in [-0.2, 0) is 29.1 Å². The van der Waals surface area contributed by atoms with Gasteiger partial charge in [-0.25, -0.2) is 4.79 Å². The molecule has 0 aliphatic carbocycles. The Hall–Kier alpha value is -5.16. The van der Waals surface area contributed by atoms with E-state index in [0.29, 0.717) is 42.2 Å². The van der Waals surface area contributed by atoms with Crippen LogP contribution in [-0.4, -0.2) is 54.4 Å². The van der Waals surface area contributed by atoms with Crippen molar-refractivity contribution >= 4 is 29.1 Å². The zero-order valence-electron chi connectivity index (χ0n) is 28.4. The second kappa shape index (κ2) is 17.8. The Morgan fingerprint density at radius 2 is 1.39 bits per heavy atom. The number of nitrogens with one attached hydrogen (secondary N) is 1. The second-order valence-electron chi connectivity index (χ2n) is 12.0. The number of carbonyl (C=O) groups is 2. The van der Waals surface area contributed by atoms with Crippen LogP contribution in [0.3, 0.4) is 0 Å². The Morgan fingerprint density at radius 1 is 0.816 bits per heavy atom. The van der Waals surface area contributed by atoms with E-state index in [4.69, 9.17) is 40.6 Å². The van der Waals surface area contributed by atoms with Crippen LogP contribution in [0.25, 0.3) is 0 Å². The molecule has 258 valence electrons. The molecule has 1 atom stereocenters. The van der Waals surface area contributed by atoms with Crippen LogP contribution in [0.5, 0.6) is 23.0 Å². The SMILES string of the molecule is COc1ccc(COc2cnc(CC[C@@H](NC(=O)OC(C)(C)C)C(=S)OCC(=O)c3ccccc3)cc2OCc2ccc(OC)cc2)cc1. The predicted octanol–water partition coefficient (Wildman–Crippen LogP) is 7.31. The summed E-state index contributed by atoms with van der Waals surface area (Å²) in [4.78, 5) is 30.0. The first-order valence-electron chi connectivity index (χ1n) is 15.8. The number of alkyl carbamates (subject to hydrolysis) is 1. The molecule has 0 saturated heterocycles. The van der Waals surface area contributed by atoms with Crippen molar-refractivity contribution in [3.8, 4) is 23.0 Å². The highest BCUT2D eigenvalue weighted by molar-refractivity contribution is 7.80. The summed E-state index contributed by atoms with van der Waals surface area (Å²) in [5.41, 5.74) is 2.33. The zero-order chi connectivity index (χ0) is 35.2. The molecule has 4 rings (SSSR count). The minimum absolute atomic E-state index is 0.0607. The lowest BCUT2D eigenvalue weighted by Crippen LogP contribution is -2.44. The molecule has 49 heavy (non-hydrogen) atoms. The van der Waals surface area contributed by atoms with Crippen LogP contribution in [0.1, 0.15) is 54.4 Å². The fraction of sp³-hybridized carbons (Fsp3) is 0.316. The van der Waals surface area contributed by atoms with Crippen molar-refractivity contribution in [3.63, 3.8) is 0 Å².